The molecule has 0 aliphatic carbocycles. The number of aryl methyl sites for hydroxylation is 2. The summed E-state index contributed by atoms with van der Waals surface area (Å²) in [5, 5.41) is 18.8. The Kier molecular flexibility index (Phi) is 8.93. The Labute approximate surface area is 199 Å². The summed E-state index contributed by atoms with van der Waals surface area (Å²) in [6.07, 6.45) is 0. The zero-order valence-electron chi connectivity index (χ0n) is 20.5. The second-order valence-corrected chi connectivity index (χ2v) is 8.53. The lowest BCUT2D eigenvalue weighted by atomic mass is 9.81. The first kappa shape index (κ1) is 24.8. The smallest absolute Gasteiger partial charge is 0.0606 e. The Morgan fingerprint density at radius 2 is 1.12 bits per heavy atom. The maximum atomic E-state index is 9.42. The van der Waals surface area contributed by atoms with E-state index in [1.807, 2.05) is 0 Å². The number of nitrogens with zero attached hydrogens (tertiary/aromatic N) is 2. The number of aliphatic hydroxyl groups excluding tert-OH is 2. The van der Waals surface area contributed by atoms with E-state index in [2.05, 4.69) is 104 Å². The summed E-state index contributed by atoms with van der Waals surface area (Å²) in [6, 6.07) is 24.0. The van der Waals surface area contributed by atoms with Crippen molar-refractivity contribution in [2.75, 3.05) is 49.2 Å². The molecule has 3 aromatic rings. The van der Waals surface area contributed by atoms with E-state index in [0.29, 0.717) is 13.1 Å². The van der Waals surface area contributed by atoms with Crippen LogP contribution in [0.1, 0.15) is 47.6 Å². The van der Waals surface area contributed by atoms with Gasteiger partial charge in [-0.2, -0.15) is 0 Å². The van der Waals surface area contributed by atoms with E-state index in [1.165, 1.54) is 27.8 Å². The summed E-state index contributed by atoms with van der Waals surface area (Å²) in [5.41, 5.74) is 8.65. The third-order valence-electron chi connectivity index (χ3n) is 6.50. The van der Waals surface area contributed by atoms with Crippen molar-refractivity contribution in [3.8, 4) is 0 Å². The highest BCUT2D eigenvalue weighted by Gasteiger charge is 2.21. The lowest BCUT2D eigenvalue weighted by Gasteiger charge is -2.28. The Balaban J connectivity index is 2.08. The highest BCUT2D eigenvalue weighted by molar-refractivity contribution is 5.58. The third-order valence-corrected chi connectivity index (χ3v) is 6.50. The summed E-state index contributed by atoms with van der Waals surface area (Å²) < 4.78 is 0. The fourth-order valence-electron chi connectivity index (χ4n) is 4.71. The molecule has 4 nitrogen and oxygen atoms in total. The minimum absolute atomic E-state index is 0.134. The van der Waals surface area contributed by atoms with Gasteiger partial charge in [-0.25, -0.2) is 0 Å². The number of hydrogen-bond donors (Lipinski definition) is 2. The van der Waals surface area contributed by atoms with Crippen LogP contribution >= 0.6 is 0 Å². The molecule has 0 aromatic heterocycles. The average molecular weight is 447 g/mol. The molecule has 4 heteroatoms. The van der Waals surface area contributed by atoms with Gasteiger partial charge in [-0.15, -0.1) is 0 Å². The maximum Gasteiger partial charge on any atom is 0.0606 e. The van der Waals surface area contributed by atoms with E-state index < -0.39 is 0 Å². The van der Waals surface area contributed by atoms with Crippen molar-refractivity contribution < 1.29 is 10.2 Å². The van der Waals surface area contributed by atoms with Crippen molar-refractivity contribution in [2.24, 2.45) is 0 Å². The van der Waals surface area contributed by atoms with E-state index >= 15 is 0 Å². The Morgan fingerprint density at radius 3 is 1.48 bits per heavy atom. The second-order valence-electron chi connectivity index (χ2n) is 8.53. The van der Waals surface area contributed by atoms with Gasteiger partial charge in [0.1, 0.15) is 0 Å². The average Bonchev–Trinajstić information content (AvgIpc) is 2.83. The van der Waals surface area contributed by atoms with E-state index in [1.54, 1.807) is 0 Å². The van der Waals surface area contributed by atoms with Crippen LogP contribution in [0.4, 0.5) is 11.4 Å². The van der Waals surface area contributed by atoms with Crippen molar-refractivity contribution >= 4 is 11.4 Å². The first-order chi connectivity index (χ1) is 16.0. The normalized spacial score (nSPS) is 11.1. The maximum absolute atomic E-state index is 9.42. The standard InChI is InChI=1S/C29H38N2O2/c1-5-30(16-18-32)25-12-14-27(22(3)20-25)29(24-10-8-7-9-11-24)28-15-13-26(21-23(28)4)31(6-2)17-19-33/h7-15,20-21,29,32-33H,5-6,16-19H2,1-4H3. The van der Waals surface area contributed by atoms with Crippen LogP contribution in [0, 0.1) is 13.8 Å². The first-order valence-corrected chi connectivity index (χ1v) is 12.0. The Hall–Kier alpha value is -2.82. The summed E-state index contributed by atoms with van der Waals surface area (Å²) >= 11 is 0. The predicted octanol–water partition coefficient (Wildman–Crippen LogP) is 5.12. The van der Waals surface area contributed by atoms with Gasteiger partial charge in [0.05, 0.1) is 13.2 Å². The SMILES string of the molecule is CCN(CCO)c1ccc(C(c2ccccc2)c2ccc(N(CC)CCO)cc2C)c(C)c1. The van der Waals surface area contributed by atoms with Crippen LogP contribution in [0.3, 0.4) is 0 Å². The molecule has 0 unspecified atom stereocenters. The summed E-state index contributed by atoms with van der Waals surface area (Å²) in [4.78, 5) is 4.41. The molecular weight excluding hydrogens is 408 g/mol. The molecule has 0 heterocycles. The second kappa shape index (κ2) is 11.9. The van der Waals surface area contributed by atoms with Gasteiger partial charge >= 0.3 is 0 Å². The van der Waals surface area contributed by atoms with Crippen molar-refractivity contribution in [1.29, 1.82) is 0 Å². The molecule has 2 N–H and O–H groups in total. The summed E-state index contributed by atoms with van der Waals surface area (Å²) in [6.45, 7) is 11.9. The Bertz CT molecular complexity index is 956. The quantitative estimate of drug-likeness (QED) is 0.401. The van der Waals surface area contributed by atoms with Gasteiger partial charge in [0.2, 0.25) is 0 Å². The zero-order chi connectivity index (χ0) is 23.8. The number of aliphatic hydroxyl groups is 2. The van der Waals surface area contributed by atoms with E-state index in [9.17, 15) is 10.2 Å². The zero-order valence-corrected chi connectivity index (χ0v) is 20.5. The van der Waals surface area contributed by atoms with Crippen LogP contribution in [0.5, 0.6) is 0 Å². The van der Waals surface area contributed by atoms with E-state index in [-0.39, 0.29) is 19.1 Å². The van der Waals surface area contributed by atoms with E-state index in [4.69, 9.17) is 0 Å². The monoisotopic (exact) mass is 446 g/mol. The van der Waals surface area contributed by atoms with Crippen molar-refractivity contribution in [1.82, 2.24) is 0 Å². The highest BCUT2D eigenvalue weighted by atomic mass is 16.3. The van der Waals surface area contributed by atoms with Gasteiger partial charge in [-0.3, -0.25) is 0 Å². The lowest BCUT2D eigenvalue weighted by Crippen LogP contribution is -2.26. The van der Waals surface area contributed by atoms with Crippen molar-refractivity contribution in [3.63, 3.8) is 0 Å². The van der Waals surface area contributed by atoms with E-state index in [0.717, 1.165) is 24.5 Å². The molecule has 33 heavy (non-hydrogen) atoms. The van der Waals surface area contributed by atoms with Gasteiger partial charge in [0, 0.05) is 43.5 Å². The number of hydrogen-bond acceptors (Lipinski definition) is 4. The van der Waals surface area contributed by atoms with Gasteiger partial charge in [0.15, 0.2) is 0 Å². The van der Waals surface area contributed by atoms with Gasteiger partial charge in [0.25, 0.3) is 0 Å². The van der Waals surface area contributed by atoms with Crippen molar-refractivity contribution in [3.05, 3.63) is 94.5 Å². The van der Waals surface area contributed by atoms with Crippen LogP contribution < -0.4 is 9.80 Å². The minimum atomic E-state index is 0.134. The fraction of sp³-hybridized carbons (Fsp3) is 0.379. The molecule has 0 radical (unpaired) electrons. The van der Waals surface area contributed by atoms with Crippen LogP contribution in [0.15, 0.2) is 66.7 Å². The number of likely N-dealkylation sites (N-methyl/N-ethyl adjacent to an activating group) is 2. The molecule has 3 aromatic carbocycles. The Morgan fingerprint density at radius 1 is 0.667 bits per heavy atom. The topological polar surface area (TPSA) is 46.9 Å². The molecular formula is C29H38N2O2. The number of benzene rings is 3. The molecule has 0 amide bonds. The summed E-state index contributed by atoms with van der Waals surface area (Å²) in [5.74, 6) is 0.134. The first-order valence-electron chi connectivity index (χ1n) is 12.0. The van der Waals surface area contributed by atoms with Crippen LogP contribution in [-0.4, -0.2) is 49.6 Å². The van der Waals surface area contributed by atoms with Crippen LogP contribution in [-0.2, 0) is 0 Å². The van der Waals surface area contributed by atoms with Gasteiger partial charge in [-0.05, 0) is 79.8 Å². The molecule has 0 bridgehead atoms. The largest absolute Gasteiger partial charge is 0.395 e. The molecule has 0 saturated heterocycles. The van der Waals surface area contributed by atoms with Gasteiger partial charge in [-0.1, -0.05) is 42.5 Å². The number of anilines is 2. The minimum Gasteiger partial charge on any atom is -0.395 e. The lowest BCUT2D eigenvalue weighted by molar-refractivity contribution is 0.302. The summed E-state index contributed by atoms with van der Waals surface area (Å²) in [7, 11) is 0. The predicted molar refractivity (Wildman–Crippen MR) is 140 cm³/mol. The molecule has 3 rings (SSSR count). The molecule has 0 spiro atoms. The molecule has 0 atom stereocenters. The fourth-order valence-corrected chi connectivity index (χ4v) is 4.71. The van der Waals surface area contributed by atoms with Crippen molar-refractivity contribution in [2.45, 2.75) is 33.6 Å². The highest BCUT2D eigenvalue weighted by Crippen LogP contribution is 2.37. The molecule has 0 saturated carbocycles. The van der Waals surface area contributed by atoms with Gasteiger partial charge < -0.3 is 20.0 Å². The van der Waals surface area contributed by atoms with Crippen LogP contribution in [0.25, 0.3) is 0 Å². The molecule has 0 aliphatic rings. The number of rotatable bonds is 11. The third kappa shape index (κ3) is 5.76. The van der Waals surface area contributed by atoms with Crippen LogP contribution in [0.2, 0.25) is 0 Å². The molecule has 0 fully saturated rings. The molecule has 176 valence electrons. The molecule has 0 aliphatic heterocycles.